The van der Waals surface area contributed by atoms with Crippen LogP contribution in [0.5, 0.6) is 5.75 Å². The Morgan fingerprint density at radius 3 is 2.80 bits per heavy atom. The maximum Gasteiger partial charge on any atom is 0.313 e. The maximum absolute atomic E-state index is 11.4. The van der Waals surface area contributed by atoms with Gasteiger partial charge in [-0.15, -0.1) is 0 Å². The molecule has 0 aliphatic carbocycles. The second-order valence-corrected chi connectivity index (χ2v) is 3.74. The Labute approximate surface area is 89.0 Å². The normalized spacial score (nSPS) is 20.1. The molecule has 0 N–H and O–H groups in total. The molecule has 1 aliphatic heterocycles. The Hall–Kier alpha value is -1.51. The number of hydrogen-bond acceptors (Lipinski definition) is 3. The maximum atomic E-state index is 11.4. The van der Waals surface area contributed by atoms with E-state index in [9.17, 15) is 4.79 Å². The Bertz CT molecular complexity index is 384. The van der Waals surface area contributed by atoms with Gasteiger partial charge in [-0.05, 0) is 30.5 Å². The minimum Gasteiger partial charge on any atom is -0.496 e. The van der Waals surface area contributed by atoms with Gasteiger partial charge in [-0.25, -0.2) is 0 Å². The van der Waals surface area contributed by atoms with E-state index < -0.39 is 0 Å². The van der Waals surface area contributed by atoms with Crippen molar-refractivity contribution in [1.82, 2.24) is 0 Å². The molecule has 0 bridgehead atoms. The molecule has 2 rings (SSSR count). The standard InChI is InChI=1S/C12H14O3/c1-8-7-9(3-4-11(8)14-2)10-5-6-15-12(10)13/h3-4,7,10H,5-6H2,1-2H3. The minimum atomic E-state index is -0.112. The molecule has 1 saturated heterocycles. The summed E-state index contributed by atoms with van der Waals surface area (Å²) in [5, 5.41) is 0. The molecule has 0 radical (unpaired) electrons. The lowest BCUT2D eigenvalue weighted by Crippen LogP contribution is -2.05. The van der Waals surface area contributed by atoms with E-state index in [1.54, 1.807) is 7.11 Å². The number of hydrogen-bond donors (Lipinski definition) is 0. The summed E-state index contributed by atoms with van der Waals surface area (Å²) in [5.41, 5.74) is 2.07. The summed E-state index contributed by atoms with van der Waals surface area (Å²) in [6, 6.07) is 5.83. The summed E-state index contributed by atoms with van der Waals surface area (Å²) in [6.07, 6.45) is 0.782. The fourth-order valence-corrected chi connectivity index (χ4v) is 1.92. The highest BCUT2D eigenvalue weighted by Crippen LogP contribution is 2.29. The van der Waals surface area contributed by atoms with E-state index in [-0.39, 0.29) is 11.9 Å². The molecule has 1 aromatic rings. The van der Waals surface area contributed by atoms with Gasteiger partial charge in [0.05, 0.1) is 19.6 Å². The first-order chi connectivity index (χ1) is 7.22. The van der Waals surface area contributed by atoms with Gasteiger partial charge in [0.25, 0.3) is 0 Å². The lowest BCUT2D eigenvalue weighted by atomic mass is 9.96. The fraction of sp³-hybridized carbons (Fsp3) is 0.417. The van der Waals surface area contributed by atoms with Gasteiger partial charge in [0.2, 0.25) is 0 Å². The largest absolute Gasteiger partial charge is 0.496 e. The number of ether oxygens (including phenoxy) is 2. The van der Waals surface area contributed by atoms with Crippen LogP contribution in [0.25, 0.3) is 0 Å². The van der Waals surface area contributed by atoms with Crippen molar-refractivity contribution in [3.63, 3.8) is 0 Å². The van der Waals surface area contributed by atoms with E-state index in [4.69, 9.17) is 9.47 Å². The first kappa shape index (κ1) is 10.0. The number of esters is 1. The van der Waals surface area contributed by atoms with Crippen LogP contribution >= 0.6 is 0 Å². The van der Waals surface area contributed by atoms with E-state index in [2.05, 4.69) is 0 Å². The molecule has 1 fully saturated rings. The average Bonchev–Trinajstić information content (AvgIpc) is 2.64. The number of benzene rings is 1. The molecule has 1 atom stereocenters. The zero-order chi connectivity index (χ0) is 10.8. The highest BCUT2D eigenvalue weighted by atomic mass is 16.5. The Morgan fingerprint density at radius 2 is 2.27 bits per heavy atom. The van der Waals surface area contributed by atoms with Gasteiger partial charge >= 0.3 is 5.97 Å². The molecule has 1 unspecified atom stereocenters. The number of aryl methyl sites for hydroxylation is 1. The van der Waals surface area contributed by atoms with E-state index >= 15 is 0 Å². The molecule has 1 heterocycles. The van der Waals surface area contributed by atoms with Gasteiger partial charge in [0, 0.05) is 0 Å². The lowest BCUT2D eigenvalue weighted by molar-refractivity contribution is -0.139. The predicted molar refractivity (Wildman–Crippen MR) is 56.0 cm³/mol. The van der Waals surface area contributed by atoms with Gasteiger partial charge in [-0.3, -0.25) is 4.79 Å². The molecule has 80 valence electrons. The predicted octanol–water partition coefficient (Wildman–Crippen LogP) is 2.03. The number of methoxy groups -OCH3 is 1. The summed E-state index contributed by atoms with van der Waals surface area (Å²) in [5.74, 6) is 0.652. The van der Waals surface area contributed by atoms with Gasteiger partial charge in [0.15, 0.2) is 0 Å². The number of carbonyl (C=O) groups is 1. The Kier molecular flexibility index (Phi) is 2.62. The van der Waals surface area contributed by atoms with Crippen LogP contribution in [0.2, 0.25) is 0 Å². The molecule has 0 amide bonds. The minimum absolute atomic E-state index is 0.0883. The summed E-state index contributed by atoms with van der Waals surface area (Å²) in [7, 11) is 1.64. The van der Waals surface area contributed by atoms with Crippen molar-refractivity contribution in [2.24, 2.45) is 0 Å². The van der Waals surface area contributed by atoms with E-state index in [1.165, 1.54) is 0 Å². The van der Waals surface area contributed by atoms with Gasteiger partial charge < -0.3 is 9.47 Å². The third-order valence-electron chi connectivity index (χ3n) is 2.76. The highest BCUT2D eigenvalue weighted by Gasteiger charge is 2.28. The molecule has 3 heteroatoms. The summed E-state index contributed by atoms with van der Waals surface area (Å²) < 4.78 is 10.1. The Balaban J connectivity index is 2.29. The third kappa shape index (κ3) is 1.82. The smallest absolute Gasteiger partial charge is 0.313 e. The Morgan fingerprint density at radius 1 is 1.47 bits per heavy atom. The van der Waals surface area contributed by atoms with E-state index in [0.29, 0.717) is 6.61 Å². The molecular formula is C12H14O3. The van der Waals surface area contributed by atoms with Crippen LogP contribution in [0, 0.1) is 6.92 Å². The molecule has 15 heavy (non-hydrogen) atoms. The fourth-order valence-electron chi connectivity index (χ4n) is 1.92. The zero-order valence-electron chi connectivity index (χ0n) is 8.95. The zero-order valence-corrected chi connectivity index (χ0v) is 8.95. The van der Waals surface area contributed by atoms with Crippen molar-refractivity contribution in [3.8, 4) is 5.75 Å². The van der Waals surface area contributed by atoms with Crippen LogP contribution in [0.4, 0.5) is 0 Å². The molecule has 0 saturated carbocycles. The summed E-state index contributed by atoms with van der Waals surface area (Å²) in [4.78, 5) is 11.4. The summed E-state index contributed by atoms with van der Waals surface area (Å²) in [6.45, 7) is 2.51. The van der Waals surface area contributed by atoms with Crippen LogP contribution in [-0.2, 0) is 9.53 Å². The van der Waals surface area contributed by atoms with Crippen molar-refractivity contribution in [3.05, 3.63) is 29.3 Å². The van der Waals surface area contributed by atoms with Crippen LogP contribution in [-0.4, -0.2) is 19.7 Å². The molecule has 1 aromatic carbocycles. The van der Waals surface area contributed by atoms with Gasteiger partial charge in [-0.2, -0.15) is 0 Å². The van der Waals surface area contributed by atoms with Crippen molar-refractivity contribution >= 4 is 5.97 Å². The van der Waals surface area contributed by atoms with Crippen molar-refractivity contribution in [1.29, 1.82) is 0 Å². The monoisotopic (exact) mass is 206 g/mol. The third-order valence-corrected chi connectivity index (χ3v) is 2.76. The second-order valence-electron chi connectivity index (χ2n) is 3.74. The lowest BCUT2D eigenvalue weighted by Gasteiger charge is -2.09. The van der Waals surface area contributed by atoms with Crippen molar-refractivity contribution in [2.45, 2.75) is 19.3 Å². The van der Waals surface area contributed by atoms with E-state index in [1.807, 2.05) is 25.1 Å². The topological polar surface area (TPSA) is 35.5 Å². The molecule has 0 spiro atoms. The van der Waals surface area contributed by atoms with Crippen LogP contribution < -0.4 is 4.74 Å². The number of carbonyl (C=O) groups excluding carboxylic acids is 1. The first-order valence-electron chi connectivity index (χ1n) is 5.03. The van der Waals surface area contributed by atoms with Gasteiger partial charge in [0.1, 0.15) is 5.75 Å². The number of rotatable bonds is 2. The summed E-state index contributed by atoms with van der Waals surface area (Å²) >= 11 is 0. The van der Waals surface area contributed by atoms with Crippen LogP contribution in [0.15, 0.2) is 18.2 Å². The van der Waals surface area contributed by atoms with Crippen molar-refractivity contribution < 1.29 is 14.3 Å². The molecule has 3 nitrogen and oxygen atoms in total. The molecular weight excluding hydrogens is 192 g/mol. The van der Waals surface area contributed by atoms with Crippen LogP contribution in [0.1, 0.15) is 23.5 Å². The van der Waals surface area contributed by atoms with Crippen LogP contribution in [0.3, 0.4) is 0 Å². The number of cyclic esters (lactones) is 1. The van der Waals surface area contributed by atoms with E-state index in [0.717, 1.165) is 23.3 Å². The van der Waals surface area contributed by atoms with Crippen molar-refractivity contribution in [2.75, 3.05) is 13.7 Å². The SMILES string of the molecule is COc1ccc(C2CCOC2=O)cc1C. The molecule has 1 aliphatic rings. The first-order valence-corrected chi connectivity index (χ1v) is 5.03. The quantitative estimate of drug-likeness (QED) is 0.694. The average molecular weight is 206 g/mol. The van der Waals surface area contributed by atoms with Gasteiger partial charge in [-0.1, -0.05) is 12.1 Å². The molecule has 0 aromatic heterocycles. The second kappa shape index (κ2) is 3.93. The highest BCUT2D eigenvalue weighted by molar-refractivity contribution is 5.80.